The molecule has 3 rings (SSSR count). The molecule has 3 aromatic carbocycles. The minimum Gasteiger partial charge on any atom is -0.493 e. The smallest absolute Gasteiger partial charge is 0.343 e. The van der Waals surface area contributed by atoms with Crippen LogP contribution in [-0.2, 0) is 4.79 Å². The van der Waals surface area contributed by atoms with Gasteiger partial charge in [0.1, 0.15) is 11.6 Å². The molecule has 2 N–H and O–H groups in total. The Balaban J connectivity index is 1.62. The number of benzene rings is 3. The Morgan fingerprint density at radius 1 is 0.917 bits per heavy atom. The number of halogens is 2. The first kappa shape index (κ1) is 26.4. The number of hydrogen-bond donors (Lipinski definition) is 2. The van der Waals surface area contributed by atoms with Gasteiger partial charge in [0.15, 0.2) is 11.5 Å². The van der Waals surface area contributed by atoms with Gasteiger partial charge < -0.3 is 19.5 Å². The zero-order valence-corrected chi connectivity index (χ0v) is 20.8. The third-order valence-electron chi connectivity index (χ3n) is 4.70. The van der Waals surface area contributed by atoms with Gasteiger partial charge in [0.2, 0.25) is 0 Å². The van der Waals surface area contributed by atoms with Crippen molar-refractivity contribution in [2.45, 2.75) is 0 Å². The normalized spacial score (nSPS) is 10.6. The van der Waals surface area contributed by atoms with Crippen molar-refractivity contribution < 1.29 is 33.0 Å². The van der Waals surface area contributed by atoms with E-state index in [0.29, 0.717) is 21.5 Å². The fourth-order valence-corrected chi connectivity index (χ4v) is 3.29. The van der Waals surface area contributed by atoms with E-state index in [0.717, 1.165) is 12.1 Å². The van der Waals surface area contributed by atoms with E-state index in [1.807, 2.05) is 0 Å². The summed E-state index contributed by atoms with van der Waals surface area (Å²) in [5, 5.41) is 6.27. The maximum absolute atomic E-state index is 13.0. The number of rotatable bonds is 9. The van der Waals surface area contributed by atoms with Crippen LogP contribution in [0.5, 0.6) is 17.2 Å². The van der Waals surface area contributed by atoms with Gasteiger partial charge in [-0.25, -0.2) is 14.6 Å². The van der Waals surface area contributed by atoms with Gasteiger partial charge in [-0.1, -0.05) is 15.9 Å². The van der Waals surface area contributed by atoms with Crippen LogP contribution in [0.2, 0.25) is 0 Å². The van der Waals surface area contributed by atoms with Crippen LogP contribution < -0.4 is 25.0 Å². The van der Waals surface area contributed by atoms with Crippen LogP contribution in [0.4, 0.5) is 4.39 Å². The molecule has 0 heterocycles. The first-order valence-corrected chi connectivity index (χ1v) is 11.2. The number of hydrogen-bond acceptors (Lipinski definition) is 7. The van der Waals surface area contributed by atoms with Crippen LogP contribution in [0, 0.1) is 5.82 Å². The lowest BCUT2D eigenvalue weighted by Gasteiger charge is -2.11. The summed E-state index contributed by atoms with van der Waals surface area (Å²) in [5.74, 6) is -1.21. The zero-order chi connectivity index (χ0) is 26.1. The second-order valence-corrected chi connectivity index (χ2v) is 8.04. The molecule has 0 aromatic heterocycles. The molecule has 0 aliphatic heterocycles. The largest absolute Gasteiger partial charge is 0.493 e. The van der Waals surface area contributed by atoms with Crippen molar-refractivity contribution in [3.8, 4) is 17.2 Å². The molecule has 186 valence electrons. The Kier molecular flexibility index (Phi) is 9.12. The lowest BCUT2D eigenvalue weighted by atomic mass is 10.2. The van der Waals surface area contributed by atoms with E-state index in [1.54, 1.807) is 24.3 Å². The van der Waals surface area contributed by atoms with Gasteiger partial charge in [0, 0.05) is 15.6 Å². The van der Waals surface area contributed by atoms with E-state index in [-0.39, 0.29) is 23.4 Å². The second-order valence-electron chi connectivity index (χ2n) is 7.12. The Morgan fingerprint density at radius 2 is 1.58 bits per heavy atom. The molecule has 0 saturated heterocycles. The predicted molar refractivity (Wildman–Crippen MR) is 133 cm³/mol. The first-order valence-electron chi connectivity index (χ1n) is 10.4. The highest BCUT2D eigenvalue weighted by Gasteiger charge is 2.15. The average molecular weight is 558 g/mol. The fraction of sp³-hybridized carbons (Fsp3) is 0.120. The molecule has 0 atom stereocenters. The van der Waals surface area contributed by atoms with Crippen molar-refractivity contribution in [1.82, 2.24) is 10.7 Å². The van der Waals surface area contributed by atoms with Gasteiger partial charge in [0.25, 0.3) is 11.8 Å². The molecule has 36 heavy (non-hydrogen) atoms. The molecular formula is C25H21BrFN3O6. The average Bonchev–Trinajstić information content (AvgIpc) is 2.88. The van der Waals surface area contributed by atoms with E-state index in [9.17, 15) is 18.8 Å². The van der Waals surface area contributed by atoms with E-state index in [2.05, 4.69) is 31.8 Å². The summed E-state index contributed by atoms with van der Waals surface area (Å²) in [6, 6.07) is 14.4. The summed E-state index contributed by atoms with van der Waals surface area (Å²) in [4.78, 5) is 36.7. The maximum Gasteiger partial charge on any atom is 0.343 e. The molecule has 11 heteroatoms. The Labute approximate surface area is 214 Å². The van der Waals surface area contributed by atoms with Crippen molar-refractivity contribution in [2.75, 3.05) is 20.8 Å². The molecule has 3 aromatic rings. The number of nitrogens with one attached hydrogen (secondary N) is 2. The highest BCUT2D eigenvalue weighted by atomic mass is 79.9. The SMILES string of the molecule is COc1ccc(C(=O)Oc2ccc(Br)cc2/C=N\NC(=O)CNC(=O)c2ccc(F)cc2)cc1OC. The van der Waals surface area contributed by atoms with E-state index < -0.39 is 23.6 Å². The Morgan fingerprint density at radius 3 is 2.28 bits per heavy atom. The predicted octanol–water partition coefficient (Wildman–Crippen LogP) is 3.70. The minimum atomic E-state index is -0.638. The van der Waals surface area contributed by atoms with Crippen LogP contribution in [0.25, 0.3) is 0 Å². The molecule has 9 nitrogen and oxygen atoms in total. The van der Waals surface area contributed by atoms with Gasteiger partial charge in [-0.3, -0.25) is 9.59 Å². The molecule has 0 aliphatic carbocycles. The number of hydrazone groups is 1. The highest BCUT2D eigenvalue weighted by molar-refractivity contribution is 9.10. The quantitative estimate of drug-likeness (QED) is 0.179. The van der Waals surface area contributed by atoms with Crippen LogP contribution in [-0.4, -0.2) is 44.8 Å². The standard InChI is InChI=1S/C25H21BrFN3O6/c1-34-21-9-5-16(12-22(21)35-2)25(33)36-20-10-6-18(26)11-17(20)13-29-30-23(31)14-28-24(32)15-3-7-19(27)8-4-15/h3-13H,14H2,1-2H3,(H,28,32)(H,30,31)/b29-13-. The van der Waals surface area contributed by atoms with E-state index >= 15 is 0 Å². The second kappa shape index (κ2) is 12.5. The molecule has 0 unspecified atom stereocenters. The van der Waals surface area contributed by atoms with Crippen LogP contribution in [0.1, 0.15) is 26.3 Å². The number of esters is 1. The molecule has 0 bridgehead atoms. The molecule has 0 radical (unpaired) electrons. The summed E-state index contributed by atoms with van der Waals surface area (Å²) in [6.45, 7) is -0.354. The number of methoxy groups -OCH3 is 2. The summed E-state index contributed by atoms with van der Waals surface area (Å²) in [7, 11) is 2.94. The highest BCUT2D eigenvalue weighted by Crippen LogP contribution is 2.29. The number of carbonyl (C=O) groups is 3. The lowest BCUT2D eigenvalue weighted by molar-refractivity contribution is -0.120. The Hall–Kier alpha value is -4.25. The van der Waals surface area contributed by atoms with Crippen molar-refractivity contribution in [1.29, 1.82) is 0 Å². The molecule has 0 spiro atoms. The molecular weight excluding hydrogens is 537 g/mol. The van der Waals surface area contributed by atoms with Crippen LogP contribution >= 0.6 is 15.9 Å². The maximum atomic E-state index is 13.0. The van der Waals surface area contributed by atoms with Crippen molar-refractivity contribution in [2.24, 2.45) is 5.10 Å². The van der Waals surface area contributed by atoms with Gasteiger partial charge in [-0.2, -0.15) is 5.10 Å². The van der Waals surface area contributed by atoms with Crippen molar-refractivity contribution in [3.05, 3.63) is 87.6 Å². The molecule has 0 fully saturated rings. The van der Waals surface area contributed by atoms with Crippen LogP contribution in [0.3, 0.4) is 0 Å². The van der Waals surface area contributed by atoms with Gasteiger partial charge in [-0.05, 0) is 60.7 Å². The summed E-state index contributed by atoms with van der Waals surface area (Å²) >= 11 is 3.34. The molecule has 2 amide bonds. The summed E-state index contributed by atoms with van der Waals surface area (Å²) in [6.07, 6.45) is 1.29. The van der Waals surface area contributed by atoms with E-state index in [1.165, 1.54) is 44.7 Å². The summed E-state index contributed by atoms with van der Waals surface area (Å²) in [5.41, 5.74) is 3.12. The minimum absolute atomic E-state index is 0.195. The van der Waals surface area contributed by atoms with Gasteiger partial charge >= 0.3 is 5.97 Å². The number of amides is 2. The first-order chi connectivity index (χ1) is 17.3. The lowest BCUT2D eigenvalue weighted by Crippen LogP contribution is -2.34. The Bertz CT molecular complexity index is 1300. The monoisotopic (exact) mass is 557 g/mol. The van der Waals surface area contributed by atoms with Crippen LogP contribution in [0.15, 0.2) is 70.2 Å². The number of nitrogens with zero attached hydrogens (tertiary/aromatic N) is 1. The number of carbonyl (C=O) groups excluding carboxylic acids is 3. The van der Waals surface area contributed by atoms with Crippen molar-refractivity contribution in [3.63, 3.8) is 0 Å². The van der Waals surface area contributed by atoms with Gasteiger partial charge in [0.05, 0.1) is 32.5 Å². The topological polar surface area (TPSA) is 115 Å². The van der Waals surface area contributed by atoms with Gasteiger partial charge in [-0.15, -0.1) is 0 Å². The van der Waals surface area contributed by atoms with Crippen molar-refractivity contribution >= 4 is 39.9 Å². The third-order valence-corrected chi connectivity index (χ3v) is 5.20. The molecule has 0 saturated carbocycles. The number of ether oxygens (including phenoxy) is 3. The molecule has 0 aliphatic rings. The summed E-state index contributed by atoms with van der Waals surface area (Å²) < 4.78 is 29.5. The third kappa shape index (κ3) is 7.12. The zero-order valence-electron chi connectivity index (χ0n) is 19.2. The fourth-order valence-electron chi connectivity index (χ4n) is 2.91. The van der Waals surface area contributed by atoms with E-state index in [4.69, 9.17) is 14.2 Å².